The fourth-order valence-corrected chi connectivity index (χ4v) is 1.52. The zero-order valence-electron chi connectivity index (χ0n) is 8.29. The molecular weight excluding hydrogens is 420 g/mol. The first kappa shape index (κ1) is 20.8. The van der Waals surface area contributed by atoms with Gasteiger partial charge in [0.05, 0.1) is 0 Å². The zero-order chi connectivity index (χ0) is 17.0. The third kappa shape index (κ3) is 2.85. The van der Waals surface area contributed by atoms with Crippen LogP contribution >= 0.6 is 58.0 Å². The van der Waals surface area contributed by atoms with E-state index in [1.54, 1.807) is 0 Å². The summed E-state index contributed by atoms with van der Waals surface area (Å²) in [5, 5.41) is -17.5. The fourth-order valence-electron chi connectivity index (χ4n) is 0.750. The van der Waals surface area contributed by atoms with Gasteiger partial charge in [-0.15, -0.1) is 0 Å². The van der Waals surface area contributed by atoms with Gasteiger partial charge in [-0.1, -0.05) is 46.4 Å². The second kappa shape index (κ2) is 5.18. The van der Waals surface area contributed by atoms with E-state index in [-0.39, 0.29) is 0 Å². The van der Waals surface area contributed by atoms with Gasteiger partial charge in [-0.05, 0) is 11.6 Å². The van der Waals surface area contributed by atoms with Crippen molar-refractivity contribution in [2.24, 2.45) is 0 Å². The molecule has 0 aromatic carbocycles. The SMILES string of the molecule is FC(F)(Cl)C(F)(Cl)C(F)(Cl)C(F)(F)C(F)(F)C(F)(Cl)Cl. The van der Waals surface area contributed by atoms with Crippen molar-refractivity contribution in [1.29, 1.82) is 0 Å². The fraction of sp³-hybridized carbons (Fsp3) is 1.00. The van der Waals surface area contributed by atoms with Gasteiger partial charge in [-0.3, -0.25) is 0 Å². The van der Waals surface area contributed by atoms with E-state index in [2.05, 4.69) is 58.0 Å². The molecule has 122 valence electrons. The Morgan fingerprint density at radius 3 is 0.950 bits per heavy atom. The van der Waals surface area contributed by atoms with E-state index in [4.69, 9.17) is 0 Å². The summed E-state index contributed by atoms with van der Waals surface area (Å²) >= 11 is 20.1. The maximum atomic E-state index is 13.3. The van der Waals surface area contributed by atoms with E-state index in [9.17, 15) is 39.5 Å². The second-order valence-corrected chi connectivity index (χ2v) is 6.04. The number of alkyl halides is 14. The van der Waals surface area contributed by atoms with Gasteiger partial charge >= 0.3 is 32.1 Å². The molecule has 20 heavy (non-hydrogen) atoms. The third-order valence-electron chi connectivity index (χ3n) is 1.90. The van der Waals surface area contributed by atoms with Crippen molar-refractivity contribution in [3.8, 4) is 0 Å². The summed E-state index contributed by atoms with van der Waals surface area (Å²) in [7, 11) is 0. The minimum Gasteiger partial charge on any atom is -0.214 e. The highest BCUT2D eigenvalue weighted by Crippen LogP contribution is 2.63. The van der Waals surface area contributed by atoms with Crippen molar-refractivity contribution in [3.05, 3.63) is 0 Å². The monoisotopic (exact) mass is 418 g/mol. The Hall–Kier alpha value is 0.820. The Labute approximate surface area is 130 Å². The number of halogens is 14. The van der Waals surface area contributed by atoms with Crippen LogP contribution in [0.5, 0.6) is 0 Å². The number of hydrogen-bond donors (Lipinski definition) is 0. The van der Waals surface area contributed by atoms with Gasteiger partial charge in [-0.25, -0.2) is 13.2 Å². The van der Waals surface area contributed by atoms with E-state index in [1.807, 2.05) is 0 Å². The first-order valence-electron chi connectivity index (χ1n) is 3.90. The van der Waals surface area contributed by atoms with Crippen LogP contribution in [0.4, 0.5) is 39.5 Å². The van der Waals surface area contributed by atoms with Gasteiger partial charge in [0.15, 0.2) is 0 Å². The van der Waals surface area contributed by atoms with Crippen LogP contribution in [0, 0.1) is 0 Å². The van der Waals surface area contributed by atoms with Crippen molar-refractivity contribution in [3.63, 3.8) is 0 Å². The Morgan fingerprint density at radius 2 is 0.750 bits per heavy atom. The van der Waals surface area contributed by atoms with E-state index in [1.165, 1.54) is 0 Å². The maximum Gasteiger partial charge on any atom is 0.376 e. The lowest BCUT2D eigenvalue weighted by Gasteiger charge is -2.41. The quantitative estimate of drug-likeness (QED) is 0.378. The Bertz CT molecular complexity index is 332. The first-order valence-corrected chi connectivity index (χ1v) is 5.79. The molecule has 0 amide bonds. The van der Waals surface area contributed by atoms with Crippen molar-refractivity contribution in [1.82, 2.24) is 0 Å². The molecule has 0 aliphatic heterocycles. The van der Waals surface area contributed by atoms with Gasteiger partial charge in [0.2, 0.25) is 0 Å². The minimum absolute atomic E-state index is 3.88. The molecule has 0 aromatic heterocycles. The highest BCUT2D eigenvalue weighted by molar-refractivity contribution is 6.48. The molecule has 14 heteroatoms. The van der Waals surface area contributed by atoms with Crippen LogP contribution in [0.15, 0.2) is 0 Å². The maximum absolute atomic E-state index is 13.3. The lowest BCUT2D eigenvalue weighted by atomic mass is 10.0. The van der Waals surface area contributed by atoms with Crippen molar-refractivity contribution in [2.45, 2.75) is 32.1 Å². The van der Waals surface area contributed by atoms with Crippen molar-refractivity contribution >= 4 is 58.0 Å². The summed E-state index contributed by atoms with van der Waals surface area (Å²) in [4.78, 5) is 0. The highest BCUT2D eigenvalue weighted by atomic mass is 35.5. The molecule has 0 saturated heterocycles. The Morgan fingerprint density at radius 1 is 0.450 bits per heavy atom. The molecule has 0 saturated carbocycles. The Kier molecular flexibility index (Phi) is 5.39. The molecule has 0 N–H and O–H groups in total. The summed E-state index contributed by atoms with van der Waals surface area (Å²) in [6.45, 7) is 0. The minimum atomic E-state index is -6.73. The lowest BCUT2D eigenvalue weighted by molar-refractivity contribution is -0.293. The lowest BCUT2D eigenvalue weighted by Crippen LogP contribution is -2.68. The molecule has 0 nitrogen and oxygen atoms in total. The average molecular weight is 420 g/mol. The molecule has 0 heterocycles. The molecule has 2 unspecified atom stereocenters. The summed E-state index contributed by atoms with van der Waals surface area (Å²) in [6.07, 6.45) is 0. The molecule has 0 aliphatic carbocycles. The molecular formula is C6Cl5F9. The van der Waals surface area contributed by atoms with Crippen LogP contribution in [0.3, 0.4) is 0 Å². The largest absolute Gasteiger partial charge is 0.376 e. The number of rotatable bonds is 5. The smallest absolute Gasteiger partial charge is 0.214 e. The molecule has 0 radical (unpaired) electrons. The zero-order valence-corrected chi connectivity index (χ0v) is 12.1. The van der Waals surface area contributed by atoms with Crippen LogP contribution in [0.25, 0.3) is 0 Å². The standard InChI is InChI=1S/C6Cl5F9/c7-1(12,2(8,13)6(11,19)20)3(14,15)4(16,17)5(9,10)18. The molecule has 0 aliphatic rings. The molecule has 2 atom stereocenters. The summed E-state index contributed by atoms with van der Waals surface area (Å²) in [5.74, 6) is -13.2. The molecule has 0 spiro atoms. The van der Waals surface area contributed by atoms with E-state index in [0.29, 0.717) is 0 Å². The highest BCUT2D eigenvalue weighted by Gasteiger charge is 2.86. The second-order valence-electron chi connectivity index (χ2n) is 3.29. The topological polar surface area (TPSA) is 0 Å². The van der Waals surface area contributed by atoms with Crippen LogP contribution in [-0.4, -0.2) is 32.1 Å². The van der Waals surface area contributed by atoms with Gasteiger partial charge in [0, 0.05) is 0 Å². The summed E-state index contributed by atoms with van der Waals surface area (Å²) in [6, 6.07) is 0. The van der Waals surface area contributed by atoms with Gasteiger partial charge in [0.1, 0.15) is 0 Å². The van der Waals surface area contributed by atoms with Crippen molar-refractivity contribution in [2.75, 3.05) is 0 Å². The van der Waals surface area contributed by atoms with Gasteiger partial charge < -0.3 is 0 Å². The van der Waals surface area contributed by atoms with E-state index >= 15 is 0 Å². The first-order chi connectivity index (χ1) is 8.25. The van der Waals surface area contributed by atoms with Crippen LogP contribution in [0.1, 0.15) is 0 Å². The molecule has 0 fully saturated rings. The normalized spacial score (nSPS) is 21.3. The predicted octanol–water partition coefficient (Wildman–Crippen LogP) is 6.00. The number of hydrogen-bond acceptors (Lipinski definition) is 0. The molecule has 0 rings (SSSR count). The van der Waals surface area contributed by atoms with Crippen LogP contribution < -0.4 is 0 Å². The molecule has 0 aromatic rings. The van der Waals surface area contributed by atoms with E-state index < -0.39 is 32.1 Å². The summed E-state index contributed by atoms with van der Waals surface area (Å²) < 4.78 is 111. The van der Waals surface area contributed by atoms with Crippen molar-refractivity contribution < 1.29 is 39.5 Å². The van der Waals surface area contributed by atoms with Crippen LogP contribution in [0.2, 0.25) is 0 Å². The summed E-state index contributed by atoms with van der Waals surface area (Å²) in [5.41, 5.74) is 0. The predicted molar refractivity (Wildman–Crippen MR) is 55.6 cm³/mol. The third-order valence-corrected chi connectivity index (χ3v) is 3.82. The van der Waals surface area contributed by atoms with Crippen LogP contribution in [-0.2, 0) is 0 Å². The van der Waals surface area contributed by atoms with Gasteiger partial charge in [0.25, 0.3) is 0 Å². The van der Waals surface area contributed by atoms with Gasteiger partial charge in [-0.2, -0.15) is 26.3 Å². The average Bonchev–Trinajstić information content (AvgIpc) is 2.12. The van der Waals surface area contributed by atoms with E-state index in [0.717, 1.165) is 0 Å². The molecule has 0 bridgehead atoms. The Balaban J connectivity index is 6.08.